The molecule has 0 fully saturated rings. The minimum atomic E-state index is -1.12. The number of benzene rings is 2. The SMILES string of the molecule is CN(C(=O)NC(Cc1ccc(O)cc1)C(=O)O)c1ccc(Br)cc1. The number of rotatable bonds is 5. The molecule has 0 spiro atoms. The molecule has 0 aliphatic rings. The van der Waals surface area contributed by atoms with Gasteiger partial charge in [0.2, 0.25) is 0 Å². The first-order valence-corrected chi connectivity index (χ1v) is 7.96. The summed E-state index contributed by atoms with van der Waals surface area (Å²) in [6.07, 6.45) is 0.121. The minimum absolute atomic E-state index is 0.102. The van der Waals surface area contributed by atoms with Gasteiger partial charge in [0.15, 0.2) is 0 Å². The normalized spacial score (nSPS) is 11.6. The first-order chi connectivity index (χ1) is 11.4. The number of hydrogen-bond acceptors (Lipinski definition) is 3. The van der Waals surface area contributed by atoms with Crippen molar-refractivity contribution in [2.24, 2.45) is 0 Å². The molecule has 0 heterocycles. The molecule has 1 atom stereocenters. The van der Waals surface area contributed by atoms with Gasteiger partial charge in [0.05, 0.1) is 0 Å². The van der Waals surface area contributed by atoms with E-state index in [2.05, 4.69) is 21.2 Å². The van der Waals surface area contributed by atoms with Gasteiger partial charge in [-0.25, -0.2) is 9.59 Å². The third-order valence-electron chi connectivity index (χ3n) is 3.49. The average Bonchev–Trinajstić information content (AvgIpc) is 2.56. The number of amides is 2. The maximum atomic E-state index is 12.3. The van der Waals surface area contributed by atoms with Crippen LogP contribution < -0.4 is 10.2 Å². The fourth-order valence-corrected chi connectivity index (χ4v) is 2.36. The summed E-state index contributed by atoms with van der Waals surface area (Å²) in [7, 11) is 1.57. The number of halogens is 1. The standard InChI is InChI=1S/C17H17BrN2O4/c1-20(13-6-4-12(18)5-7-13)17(24)19-15(16(22)23)10-11-2-8-14(21)9-3-11/h2-9,15,21H,10H2,1H3,(H,19,24)(H,22,23). The van der Waals surface area contributed by atoms with Gasteiger partial charge in [0, 0.05) is 23.6 Å². The van der Waals surface area contributed by atoms with Crippen LogP contribution in [0.5, 0.6) is 5.75 Å². The van der Waals surface area contributed by atoms with Crippen LogP contribution in [0.1, 0.15) is 5.56 Å². The number of hydrogen-bond donors (Lipinski definition) is 3. The molecule has 2 aromatic carbocycles. The lowest BCUT2D eigenvalue weighted by atomic mass is 10.1. The number of nitrogens with one attached hydrogen (secondary N) is 1. The number of carbonyl (C=O) groups excluding carboxylic acids is 1. The smallest absolute Gasteiger partial charge is 0.326 e. The Labute approximate surface area is 147 Å². The molecular formula is C17H17BrN2O4. The van der Waals surface area contributed by atoms with Gasteiger partial charge in [-0.2, -0.15) is 0 Å². The number of carboxylic acids is 1. The Hall–Kier alpha value is -2.54. The zero-order chi connectivity index (χ0) is 17.7. The van der Waals surface area contributed by atoms with E-state index in [1.54, 1.807) is 43.4 Å². The lowest BCUT2D eigenvalue weighted by Gasteiger charge is -2.21. The second-order valence-corrected chi connectivity index (χ2v) is 6.16. The molecule has 0 aromatic heterocycles. The van der Waals surface area contributed by atoms with Crippen LogP contribution in [0.2, 0.25) is 0 Å². The third kappa shape index (κ3) is 4.73. The number of urea groups is 1. The zero-order valence-corrected chi connectivity index (χ0v) is 14.5. The summed E-state index contributed by atoms with van der Waals surface area (Å²) in [5.41, 5.74) is 1.34. The van der Waals surface area contributed by atoms with Crippen molar-refractivity contribution in [3.05, 3.63) is 58.6 Å². The Morgan fingerprint density at radius 3 is 2.25 bits per heavy atom. The summed E-state index contributed by atoms with van der Waals surface area (Å²) < 4.78 is 0.885. The lowest BCUT2D eigenvalue weighted by molar-refractivity contribution is -0.139. The average molecular weight is 393 g/mol. The molecule has 24 heavy (non-hydrogen) atoms. The van der Waals surface area contributed by atoms with E-state index in [4.69, 9.17) is 0 Å². The molecular weight excluding hydrogens is 376 g/mol. The highest BCUT2D eigenvalue weighted by atomic mass is 79.9. The summed E-state index contributed by atoms with van der Waals surface area (Å²) in [6, 6.07) is 11.7. The van der Waals surface area contributed by atoms with Crippen LogP contribution in [-0.4, -0.2) is 35.3 Å². The van der Waals surface area contributed by atoms with Crippen LogP contribution in [0.3, 0.4) is 0 Å². The number of anilines is 1. The number of carboxylic acid groups (broad SMARTS) is 1. The van der Waals surface area contributed by atoms with Crippen molar-refractivity contribution in [3.8, 4) is 5.75 Å². The van der Waals surface area contributed by atoms with E-state index < -0.39 is 18.0 Å². The second kappa shape index (κ2) is 7.83. The lowest BCUT2D eigenvalue weighted by Crippen LogP contribution is -2.47. The Morgan fingerprint density at radius 2 is 1.71 bits per heavy atom. The molecule has 0 aliphatic carbocycles. The van der Waals surface area contributed by atoms with Crippen LogP contribution in [0, 0.1) is 0 Å². The maximum Gasteiger partial charge on any atom is 0.326 e. The maximum absolute atomic E-state index is 12.3. The number of aromatic hydroxyl groups is 1. The summed E-state index contributed by atoms with van der Waals surface area (Å²) >= 11 is 3.32. The van der Waals surface area contributed by atoms with E-state index in [0.717, 1.165) is 4.47 Å². The molecule has 2 aromatic rings. The zero-order valence-electron chi connectivity index (χ0n) is 12.9. The van der Waals surface area contributed by atoms with Crippen molar-refractivity contribution in [1.82, 2.24) is 5.32 Å². The molecule has 3 N–H and O–H groups in total. The molecule has 2 amide bonds. The van der Waals surface area contributed by atoms with E-state index in [9.17, 15) is 19.8 Å². The number of carbonyl (C=O) groups is 2. The number of nitrogens with zero attached hydrogens (tertiary/aromatic N) is 1. The molecule has 0 aliphatic heterocycles. The molecule has 126 valence electrons. The van der Waals surface area contributed by atoms with Crippen LogP contribution in [0.25, 0.3) is 0 Å². The van der Waals surface area contributed by atoms with Gasteiger partial charge < -0.3 is 15.5 Å². The van der Waals surface area contributed by atoms with Crippen LogP contribution in [0.4, 0.5) is 10.5 Å². The summed E-state index contributed by atoms with van der Waals surface area (Å²) in [4.78, 5) is 25.1. The van der Waals surface area contributed by atoms with Gasteiger partial charge in [0.25, 0.3) is 0 Å². The molecule has 2 rings (SSSR count). The van der Waals surface area contributed by atoms with Gasteiger partial charge in [-0.05, 0) is 42.0 Å². The van der Waals surface area contributed by atoms with Gasteiger partial charge in [-0.3, -0.25) is 4.90 Å². The Morgan fingerprint density at radius 1 is 1.12 bits per heavy atom. The van der Waals surface area contributed by atoms with Crippen LogP contribution >= 0.6 is 15.9 Å². The number of aliphatic carboxylic acids is 1. The highest BCUT2D eigenvalue weighted by Gasteiger charge is 2.22. The number of phenols is 1. The second-order valence-electron chi connectivity index (χ2n) is 5.25. The fraction of sp³-hybridized carbons (Fsp3) is 0.176. The minimum Gasteiger partial charge on any atom is -0.508 e. The topological polar surface area (TPSA) is 89.9 Å². The molecule has 0 bridgehead atoms. The van der Waals surface area contributed by atoms with Crippen LogP contribution in [-0.2, 0) is 11.2 Å². The first-order valence-electron chi connectivity index (χ1n) is 7.17. The summed E-state index contributed by atoms with van der Waals surface area (Å²) in [5, 5.41) is 21.1. The van der Waals surface area contributed by atoms with Crippen molar-refractivity contribution < 1.29 is 19.8 Å². The van der Waals surface area contributed by atoms with E-state index >= 15 is 0 Å². The molecule has 0 radical (unpaired) electrons. The van der Waals surface area contributed by atoms with Gasteiger partial charge in [-0.1, -0.05) is 28.1 Å². The van der Waals surface area contributed by atoms with Gasteiger partial charge in [0.1, 0.15) is 11.8 Å². The first kappa shape index (κ1) is 17.8. The predicted molar refractivity (Wildman–Crippen MR) is 94.3 cm³/mol. The van der Waals surface area contributed by atoms with Crippen molar-refractivity contribution in [1.29, 1.82) is 0 Å². The number of phenolic OH excluding ortho intramolecular Hbond substituents is 1. The Bertz CT molecular complexity index is 716. The van der Waals surface area contributed by atoms with Crippen LogP contribution in [0.15, 0.2) is 53.0 Å². The van der Waals surface area contributed by atoms with E-state index in [-0.39, 0.29) is 12.2 Å². The van der Waals surface area contributed by atoms with E-state index in [1.165, 1.54) is 17.0 Å². The molecule has 0 saturated carbocycles. The fourth-order valence-electron chi connectivity index (χ4n) is 2.10. The Balaban J connectivity index is 2.06. The van der Waals surface area contributed by atoms with Gasteiger partial charge >= 0.3 is 12.0 Å². The monoisotopic (exact) mass is 392 g/mol. The van der Waals surface area contributed by atoms with Crippen molar-refractivity contribution in [2.45, 2.75) is 12.5 Å². The predicted octanol–water partition coefficient (Wildman–Crippen LogP) is 3.00. The largest absolute Gasteiger partial charge is 0.508 e. The third-order valence-corrected chi connectivity index (χ3v) is 4.02. The Kier molecular flexibility index (Phi) is 5.81. The highest BCUT2D eigenvalue weighted by Crippen LogP contribution is 2.17. The van der Waals surface area contributed by atoms with Gasteiger partial charge in [-0.15, -0.1) is 0 Å². The quantitative estimate of drug-likeness (QED) is 0.729. The molecule has 0 saturated heterocycles. The van der Waals surface area contributed by atoms with Crippen molar-refractivity contribution in [3.63, 3.8) is 0 Å². The molecule has 1 unspecified atom stereocenters. The highest BCUT2D eigenvalue weighted by molar-refractivity contribution is 9.10. The summed E-state index contributed by atoms with van der Waals surface area (Å²) in [5.74, 6) is -1.02. The molecule has 7 heteroatoms. The summed E-state index contributed by atoms with van der Waals surface area (Å²) in [6.45, 7) is 0. The van der Waals surface area contributed by atoms with E-state index in [1.807, 2.05) is 0 Å². The van der Waals surface area contributed by atoms with E-state index in [0.29, 0.717) is 11.3 Å². The van der Waals surface area contributed by atoms with Crippen molar-refractivity contribution in [2.75, 3.05) is 11.9 Å². The van der Waals surface area contributed by atoms with Crippen molar-refractivity contribution >= 4 is 33.6 Å². The molecule has 6 nitrogen and oxygen atoms in total.